The highest BCUT2D eigenvalue weighted by Crippen LogP contribution is 2.53. The molecule has 2 amide bonds. The number of carbonyl (C=O) groups excluding carboxylic acids is 3. The van der Waals surface area contributed by atoms with Gasteiger partial charge in [0.1, 0.15) is 5.76 Å². The summed E-state index contributed by atoms with van der Waals surface area (Å²) in [7, 11) is 0. The lowest BCUT2D eigenvalue weighted by atomic mass is 9.81. The topological polar surface area (TPSA) is 100 Å². The van der Waals surface area contributed by atoms with Gasteiger partial charge in [0.15, 0.2) is 17.1 Å². The fourth-order valence-corrected chi connectivity index (χ4v) is 5.24. The minimum atomic E-state index is -1.77. The molecule has 172 valence electrons. The Balaban J connectivity index is 1.74. The molecule has 3 aliphatic rings. The molecule has 1 saturated heterocycles. The second-order valence-corrected chi connectivity index (χ2v) is 8.70. The van der Waals surface area contributed by atoms with Crippen LogP contribution < -0.4 is 4.90 Å². The van der Waals surface area contributed by atoms with Crippen LogP contribution in [0.15, 0.2) is 52.1 Å². The number of anilines is 1. The van der Waals surface area contributed by atoms with Crippen molar-refractivity contribution in [3.8, 4) is 0 Å². The van der Waals surface area contributed by atoms with Crippen LogP contribution in [0.3, 0.4) is 0 Å². The normalized spacial score (nSPS) is 24.5. The second kappa shape index (κ2) is 7.88. The Hall–Kier alpha value is -3.39. The van der Waals surface area contributed by atoms with Gasteiger partial charge in [-0.15, -0.1) is 0 Å². The number of ether oxygens (including phenoxy) is 1. The van der Waals surface area contributed by atoms with Crippen molar-refractivity contribution in [1.82, 2.24) is 4.90 Å². The van der Waals surface area contributed by atoms with Gasteiger partial charge in [-0.1, -0.05) is 25.1 Å². The number of fused-ring (bicyclic) bond motifs is 2. The number of hydrogen-bond acceptors (Lipinski definition) is 6. The molecule has 33 heavy (non-hydrogen) atoms. The van der Waals surface area contributed by atoms with Crippen molar-refractivity contribution in [2.75, 3.05) is 24.6 Å². The van der Waals surface area contributed by atoms with Crippen molar-refractivity contribution in [2.45, 2.75) is 44.8 Å². The highest BCUT2D eigenvalue weighted by molar-refractivity contribution is 6.25. The zero-order valence-corrected chi connectivity index (χ0v) is 18.7. The number of amides is 2. The van der Waals surface area contributed by atoms with Crippen LogP contribution in [0.4, 0.5) is 5.69 Å². The van der Waals surface area contributed by atoms with Crippen LogP contribution in [-0.4, -0.2) is 53.4 Å². The monoisotopic (exact) mass is 450 g/mol. The fourth-order valence-electron chi connectivity index (χ4n) is 5.24. The number of rotatable bonds is 6. The molecule has 8 nitrogen and oxygen atoms in total. The first-order valence-corrected chi connectivity index (χ1v) is 11.3. The van der Waals surface area contributed by atoms with Crippen LogP contribution >= 0.6 is 0 Å². The fraction of sp³-hybridized carbons (Fsp3) is 0.400. The number of Topliss-reactive ketones (excluding diaryl/α,β-unsaturated/α-hetero) is 1. The van der Waals surface area contributed by atoms with Crippen LogP contribution in [0, 0.1) is 6.92 Å². The van der Waals surface area contributed by atoms with Crippen molar-refractivity contribution in [2.24, 2.45) is 0 Å². The number of nitrogens with zero attached hydrogens (tertiary/aromatic N) is 2. The lowest BCUT2D eigenvalue weighted by Gasteiger charge is -2.36. The van der Waals surface area contributed by atoms with Crippen molar-refractivity contribution in [3.63, 3.8) is 0 Å². The molecule has 1 aromatic carbocycles. The van der Waals surface area contributed by atoms with E-state index in [0.29, 0.717) is 36.6 Å². The molecular formula is C25H26N2O6. The van der Waals surface area contributed by atoms with Gasteiger partial charge in [-0.3, -0.25) is 14.4 Å². The summed E-state index contributed by atoms with van der Waals surface area (Å²) in [6.45, 7) is 4.74. The first-order chi connectivity index (χ1) is 15.9. The Labute approximate surface area is 191 Å². The average molecular weight is 450 g/mol. The number of aliphatic hydroxyl groups is 1. The predicted molar refractivity (Wildman–Crippen MR) is 119 cm³/mol. The zero-order valence-electron chi connectivity index (χ0n) is 18.7. The van der Waals surface area contributed by atoms with Gasteiger partial charge in [-0.25, -0.2) is 0 Å². The van der Waals surface area contributed by atoms with E-state index < -0.39 is 28.9 Å². The van der Waals surface area contributed by atoms with Crippen LogP contribution in [0.5, 0.6) is 0 Å². The van der Waals surface area contributed by atoms with Crippen LogP contribution in [0.2, 0.25) is 0 Å². The van der Waals surface area contributed by atoms with Gasteiger partial charge in [0.05, 0.1) is 17.4 Å². The van der Waals surface area contributed by atoms with Gasteiger partial charge in [0.2, 0.25) is 5.78 Å². The van der Waals surface area contributed by atoms with Crippen molar-refractivity contribution < 1.29 is 28.6 Å². The average Bonchev–Trinajstić information content (AvgIpc) is 3.57. The Bertz CT molecular complexity index is 1180. The summed E-state index contributed by atoms with van der Waals surface area (Å²) in [5, 5.41) is 11.0. The maximum absolute atomic E-state index is 14.2. The van der Waals surface area contributed by atoms with Crippen LogP contribution in [0.1, 0.15) is 48.1 Å². The minimum Gasteiger partial charge on any atom is -0.503 e. The lowest BCUT2D eigenvalue weighted by Crippen LogP contribution is -2.55. The van der Waals surface area contributed by atoms with E-state index in [1.807, 2.05) is 13.0 Å². The number of carbonyl (C=O) groups is 3. The molecule has 8 heteroatoms. The van der Waals surface area contributed by atoms with Gasteiger partial charge in [0.25, 0.3) is 11.8 Å². The molecule has 1 N–H and O–H groups in total. The highest BCUT2D eigenvalue weighted by atomic mass is 16.5. The molecule has 1 spiro atoms. The summed E-state index contributed by atoms with van der Waals surface area (Å²) in [6, 6.07) is 10.3. The molecule has 2 unspecified atom stereocenters. The van der Waals surface area contributed by atoms with E-state index in [9.17, 15) is 19.5 Å². The Morgan fingerprint density at radius 1 is 1.21 bits per heavy atom. The maximum Gasteiger partial charge on any atom is 0.290 e. The van der Waals surface area contributed by atoms with Gasteiger partial charge < -0.3 is 24.1 Å². The molecule has 3 aliphatic heterocycles. The van der Waals surface area contributed by atoms with Gasteiger partial charge >= 0.3 is 0 Å². The molecule has 4 heterocycles. The molecule has 2 atom stereocenters. The number of ketones is 1. The Morgan fingerprint density at radius 2 is 2.00 bits per heavy atom. The van der Waals surface area contributed by atoms with Crippen LogP contribution in [-0.2, 0) is 19.9 Å². The summed E-state index contributed by atoms with van der Waals surface area (Å²) in [5.41, 5.74) is -0.886. The Morgan fingerprint density at radius 3 is 2.67 bits per heavy atom. The van der Waals surface area contributed by atoms with Gasteiger partial charge in [-0.2, -0.15) is 0 Å². The summed E-state index contributed by atoms with van der Waals surface area (Å²) >= 11 is 0. The third-order valence-electron chi connectivity index (χ3n) is 6.64. The standard InChI is InChI=1S/C25H26N2O6/c1-3-12-26-18-9-5-4-8-17(18)25(24(26)31)20(21(28)19-11-10-15(2)33-19)22(29)23(30)27(25)14-16-7-6-13-32-16/h4-5,8-11,16,29H,3,6-7,12-14H2,1-2H3. The van der Waals surface area contributed by atoms with E-state index in [0.717, 1.165) is 12.8 Å². The van der Waals surface area contributed by atoms with E-state index in [2.05, 4.69) is 0 Å². The summed E-state index contributed by atoms with van der Waals surface area (Å²) in [5.74, 6) is -2.08. The molecule has 1 aromatic heterocycles. The van der Waals surface area contributed by atoms with Crippen molar-refractivity contribution >= 4 is 23.3 Å². The van der Waals surface area contributed by atoms with Gasteiger partial charge in [-0.05, 0) is 44.4 Å². The first-order valence-electron chi connectivity index (χ1n) is 11.3. The maximum atomic E-state index is 14.2. The molecule has 2 aromatic rings. The third kappa shape index (κ3) is 2.97. The highest BCUT2D eigenvalue weighted by Gasteiger charge is 2.66. The van der Waals surface area contributed by atoms with E-state index in [4.69, 9.17) is 9.15 Å². The van der Waals surface area contributed by atoms with E-state index in [1.165, 1.54) is 11.0 Å². The van der Waals surface area contributed by atoms with E-state index in [1.54, 1.807) is 36.1 Å². The third-order valence-corrected chi connectivity index (χ3v) is 6.64. The number of para-hydroxylation sites is 1. The molecule has 0 saturated carbocycles. The smallest absolute Gasteiger partial charge is 0.290 e. The number of aliphatic hydroxyl groups excluding tert-OH is 1. The summed E-state index contributed by atoms with van der Waals surface area (Å²) in [4.78, 5) is 44.2. The quantitative estimate of drug-likeness (QED) is 0.678. The summed E-state index contributed by atoms with van der Waals surface area (Å²) < 4.78 is 11.3. The number of hydrogen-bond donors (Lipinski definition) is 1. The SMILES string of the molecule is CCCN1C(=O)C2(C(C(=O)c3ccc(C)o3)=C(O)C(=O)N2CC2CCCO2)c2ccccc21. The van der Waals surface area contributed by atoms with Gasteiger partial charge in [0, 0.05) is 25.3 Å². The second-order valence-electron chi connectivity index (χ2n) is 8.70. The molecule has 1 fully saturated rings. The number of aryl methyl sites for hydroxylation is 1. The molecule has 5 rings (SSSR count). The molecule has 0 radical (unpaired) electrons. The van der Waals surface area contributed by atoms with E-state index >= 15 is 0 Å². The first kappa shape index (κ1) is 21.5. The molecular weight excluding hydrogens is 424 g/mol. The molecule has 0 bridgehead atoms. The van der Waals surface area contributed by atoms with Crippen molar-refractivity contribution in [1.29, 1.82) is 0 Å². The van der Waals surface area contributed by atoms with Crippen molar-refractivity contribution in [3.05, 3.63) is 64.8 Å². The minimum absolute atomic E-state index is 0.0283. The van der Waals surface area contributed by atoms with Crippen LogP contribution in [0.25, 0.3) is 0 Å². The number of furan rings is 1. The number of benzene rings is 1. The molecule has 0 aliphatic carbocycles. The summed E-state index contributed by atoms with van der Waals surface area (Å²) in [6.07, 6.45) is 1.99. The zero-order chi connectivity index (χ0) is 23.3. The largest absolute Gasteiger partial charge is 0.503 e. The lowest BCUT2D eigenvalue weighted by molar-refractivity contribution is -0.141. The Kier molecular flexibility index (Phi) is 5.12. The van der Waals surface area contributed by atoms with E-state index in [-0.39, 0.29) is 24.0 Å². The predicted octanol–water partition coefficient (Wildman–Crippen LogP) is 3.26.